The average Bonchev–Trinajstić information content (AvgIpc) is 3.41. The van der Waals surface area contributed by atoms with E-state index in [2.05, 4.69) is 17.3 Å². The molecule has 2 unspecified atom stereocenters. The molecular weight excluding hydrogens is 614 g/mol. The first-order valence-electron chi connectivity index (χ1n) is 16.2. The summed E-state index contributed by atoms with van der Waals surface area (Å²) in [7, 11) is 1.99. The number of hydroxylamine groups is 3. The van der Waals surface area contributed by atoms with Gasteiger partial charge < -0.3 is 19.3 Å². The smallest absolute Gasteiger partial charge is 0.363 e. The van der Waals surface area contributed by atoms with Crippen LogP contribution in [0.5, 0.6) is 0 Å². The number of esters is 1. The third kappa shape index (κ3) is 9.82. The predicted molar refractivity (Wildman–Crippen MR) is 176 cm³/mol. The van der Waals surface area contributed by atoms with Gasteiger partial charge in [0.05, 0.1) is 12.1 Å². The van der Waals surface area contributed by atoms with E-state index in [1.54, 1.807) is 19.1 Å². The van der Waals surface area contributed by atoms with E-state index in [1.807, 2.05) is 67.7 Å². The number of hydrogen-bond donors (Lipinski definition) is 1. The highest BCUT2D eigenvalue weighted by Gasteiger charge is 2.42. The third-order valence-electron chi connectivity index (χ3n) is 8.29. The lowest BCUT2D eigenvalue weighted by atomic mass is 9.77. The molecule has 1 N–H and O–H groups in total. The Hall–Kier alpha value is -4.87. The molecular formula is C37H43N3O8. The number of rotatable bonds is 17. The van der Waals surface area contributed by atoms with Crippen LogP contribution >= 0.6 is 0 Å². The Morgan fingerprint density at radius 3 is 2.12 bits per heavy atom. The van der Waals surface area contributed by atoms with E-state index < -0.39 is 29.4 Å². The molecule has 1 aliphatic heterocycles. The molecule has 0 bridgehead atoms. The number of nitrogens with one attached hydrogen (secondary N) is 1. The maximum atomic E-state index is 12.8. The highest BCUT2D eigenvalue weighted by molar-refractivity contribution is 6.02. The van der Waals surface area contributed by atoms with Gasteiger partial charge in [0.25, 0.3) is 11.8 Å². The molecule has 11 nitrogen and oxygen atoms in total. The molecule has 4 rings (SSSR count). The van der Waals surface area contributed by atoms with Gasteiger partial charge in [-0.3, -0.25) is 19.2 Å². The van der Waals surface area contributed by atoms with Crippen molar-refractivity contribution in [1.82, 2.24) is 15.4 Å². The van der Waals surface area contributed by atoms with Crippen LogP contribution in [0.3, 0.4) is 0 Å². The standard InChI is InChI=1S/C37H43N3O8/c1-4-34(43)46-37(31-14-9-6-10-15-31,24-28-12-7-5-8-13-28)27(2)26-39(3)23-11-16-35(44)47-38-25-29-17-19-30(20-18-29)36(45)48-40-32(41)21-22-33(40)42/h5-10,12-15,17-20,27,38H,4,11,16,21-26H2,1-3H3. The second-order valence-corrected chi connectivity index (χ2v) is 12.0. The molecule has 1 aliphatic rings. The molecule has 254 valence electrons. The topological polar surface area (TPSA) is 132 Å². The zero-order chi connectivity index (χ0) is 34.5. The van der Waals surface area contributed by atoms with Crippen molar-refractivity contribution in [2.45, 2.75) is 64.5 Å². The van der Waals surface area contributed by atoms with E-state index in [0.717, 1.165) is 16.7 Å². The minimum absolute atomic E-state index is 0.0215. The van der Waals surface area contributed by atoms with Crippen LogP contribution < -0.4 is 5.48 Å². The van der Waals surface area contributed by atoms with Crippen LogP contribution in [0.4, 0.5) is 0 Å². The van der Waals surface area contributed by atoms with Crippen molar-refractivity contribution < 1.29 is 38.4 Å². The van der Waals surface area contributed by atoms with Crippen molar-refractivity contribution in [2.24, 2.45) is 5.92 Å². The van der Waals surface area contributed by atoms with Crippen molar-refractivity contribution in [3.63, 3.8) is 0 Å². The first-order chi connectivity index (χ1) is 23.1. The van der Waals surface area contributed by atoms with Crippen LogP contribution in [-0.4, -0.2) is 59.8 Å². The molecule has 0 aliphatic carbocycles. The average molecular weight is 658 g/mol. The molecule has 1 fully saturated rings. The summed E-state index contributed by atoms with van der Waals surface area (Å²) in [5.41, 5.74) is 4.70. The quantitative estimate of drug-likeness (QED) is 0.122. The highest BCUT2D eigenvalue weighted by atomic mass is 16.7. The maximum absolute atomic E-state index is 12.8. The predicted octanol–water partition coefficient (Wildman–Crippen LogP) is 4.89. The number of amides is 2. The van der Waals surface area contributed by atoms with Crippen LogP contribution in [0.25, 0.3) is 0 Å². The van der Waals surface area contributed by atoms with Gasteiger partial charge in [-0.2, -0.15) is 0 Å². The van der Waals surface area contributed by atoms with E-state index in [4.69, 9.17) is 14.4 Å². The Morgan fingerprint density at radius 1 is 0.875 bits per heavy atom. The molecule has 2 atom stereocenters. The minimum Gasteiger partial charge on any atom is -0.453 e. The van der Waals surface area contributed by atoms with Gasteiger partial charge in [-0.1, -0.05) is 86.6 Å². The lowest BCUT2D eigenvalue weighted by Crippen LogP contribution is -2.45. The van der Waals surface area contributed by atoms with Gasteiger partial charge in [-0.05, 0) is 48.8 Å². The Balaban J connectivity index is 1.25. The number of carbonyl (C=O) groups excluding carboxylic acids is 5. The van der Waals surface area contributed by atoms with E-state index in [-0.39, 0.29) is 49.7 Å². The second-order valence-electron chi connectivity index (χ2n) is 12.0. The summed E-state index contributed by atoms with van der Waals surface area (Å²) in [5.74, 6) is -2.64. The van der Waals surface area contributed by atoms with Gasteiger partial charge in [0, 0.05) is 44.6 Å². The summed E-state index contributed by atoms with van der Waals surface area (Å²) in [4.78, 5) is 73.1. The first-order valence-corrected chi connectivity index (χ1v) is 16.2. The fourth-order valence-electron chi connectivity index (χ4n) is 5.65. The summed E-state index contributed by atoms with van der Waals surface area (Å²) in [6, 6.07) is 26.2. The lowest BCUT2D eigenvalue weighted by molar-refractivity contribution is -0.172. The highest BCUT2D eigenvalue weighted by Crippen LogP contribution is 2.38. The number of imide groups is 1. The number of ether oxygens (including phenoxy) is 1. The zero-order valence-electron chi connectivity index (χ0n) is 27.7. The van der Waals surface area contributed by atoms with E-state index in [9.17, 15) is 24.0 Å². The minimum atomic E-state index is -0.878. The molecule has 1 saturated heterocycles. The molecule has 0 saturated carbocycles. The van der Waals surface area contributed by atoms with Crippen LogP contribution in [0.1, 0.15) is 73.0 Å². The number of nitrogens with zero attached hydrogens (tertiary/aromatic N) is 2. The zero-order valence-corrected chi connectivity index (χ0v) is 27.7. The van der Waals surface area contributed by atoms with Gasteiger partial charge in [0.15, 0.2) is 0 Å². The molecule has 0 radical (unpaired) electrons. The monoisotopic (exact) mass is 657 g/mol. The lowest BCUT2D eigenvalue weighted by Gasteiger charge is -2.41. The third-order valence-corrected chi connectivity index (χ3v) is 8.29. The molecule has 3 aromatic rings. The van der Waals surface area contributed by atoms with E-state index in [0.29, 0.717) is 31.0 Å². The summed E-state index contributed by atoms with van der Waals surface area (Å²) >= 11 is 0. The van der Waals surface area contributed by atoms with Crippen molar-refractivity contribution in [2.75, 3.05) is 20.1 Å². The summed E-state index contributed by atoms with van der Waals surface area (Å²) in [5, 5.41) is 0.504. The molecule has 1 heterocycles. The Kier molecular flexibility index (Phi) is 13.0. The molecule has 3 aromatic carbocycles. The van der Waals surface area contributed by atoms with Gasteiger partial charge >= 0.3 is 17.9 Å². The Bertz CT molecular complexity index is 1530. The number of benzene rings is 3. The summed E-state index contributed by atoms with van der Waals surface area (Å²) in [6.45, 7) is 5.36. The SMILES string of the molecule is CCC(=O)OC(Cc1ccccc1)(c1ccccc1)C(C)CN(C)CCCC(=O)ONCc1ccc(C(=O)ON2C(=O)CCC2=O)cc1. The molecule has 0 spiro atoms. The van der Waals surface area contributed by atoms with Crippen LogP contribution in [0, 0.1) is 5.92 Å². The Labute approximate surface area is 281 Å². The van der Waals surface area contributed by atoms with Crippen LogP contribution in [0.2, 0.25) is 0 Å². The van der Waals surface area contributed by atoms with Gasteiger partial charge in [-0.25, -0.2) is 4.79 Å². The van der Waals surface area contributed by atoms with Crippen LogP contribution in [0.15, 0.2) is 84.9 Å². The van der Waals surface area contributed by atoms with Gasteiger partial charge in [-0.15, -0.1) is 10.5 Å². The number of carbonyl (C=O) groups is 5. The summed E-state index contributed by atoms with van der Waals surface area (Å²) in [6.07, 6.45) is 1.61. The van der Waals surface area contributed by atoms with Gasteiger partial charge in [0.1, 0.15) is 5.60 Å². The molecule has 2 amide bonds. The summed E-state index contributed by atoms with van der Waals surface area (Å²) < 4.78 is 6.32. The van der Waals surface area contributed by atoms with Crippen molar-refractivity contribution in [3.05, 3.63) is 107 Å². The fraction of sp³-hybridized carbons (Fsp3) is 0.378. The fourth-order valence-corrected chi connectivity index (χ4v) is 5.65. The van der Waals surface area contributed by atoms with E-state index in [1.165, 1.54) is 12.1 Å². The normalized spacial score (nSPS) is 14.8. The van der Waals surface area contributed by atoms with Gasteiger partial charge in [0.2, 0.25) is 0 Å². The van der Waals surface area contributed by atoms with Crippen molar-refractivity contribution >= 4 is 29.7 Å². The maximum Gasteiger partial charge on any atom is 0.363 e. The van der Waals surface area contributed by atoms with E-state index >= 15 is 0 Å². The molecule has 11 heteroatoms. The van der Waals surface area contributed by atoms with Crippen LogP contribution in [-0.2, 0) is 52.2 Å². The Morgan fingerprint density at radius 2 is 1.50 bits per heavy atom. The largest absolute Gasteiger partial charge is 0.453 e. The van der Waals surface area contributed by atoms with Crippen molar-refractivity contribution in [1.29, 1.82) is 0 Å². The molecule has 0 aromatic heterocycles. The second kappa shape index (κ2) is 17.3. The number of hydrogen-bond acceptors (Lipinski definition) is 10. The molecule has 48 heavy (non-hydrogen) atoms. The van der Waals surface area contributed by atoms with Crippen molar-refractivity contribution in [3.8, 4) is 0 Å². The first kappa shape index (κ1) is 36.0.